The first-order valence-electron chi connectivity index (χ1n) is 8.15. The number of nitrogens with zero attached hydrogens (tertiary/aromatic N) is 1. The third-order valence-electron chi connectivity index (χ3n) is 4.56. The maximum atomic E-state index is 13.1. The van der Waals surface area contributed by atoms with Crippen LogP contribution in [0.25, 0.3) is 0 Å². The lowest BCUT2D eigenvalue weighted by atomic mass is 9.84. The highest BCUT2D eigenvalue weighted by molar-refractivity contribution is 7.91. The molecule has 1 aromatic carbocycles. The van der Waals surface area contributed by atoms with Crippen LogP contribution in [0.3, 0.4) is 0 Å². The average molecular weight is 356 g/mol. The number of carbonyl (C=O) groups excluding carboxylic acids is 1. The summed E-state index contributed by atoms with van der Waals surface area (Å²) < 4.78 is 36.3. The summed E-state index contributed by atoms with van der Waals surface area (Å²) in [7, 11) is -3.03. The van der Waals surface area contributed by atoms with Crippen molar-refractivity contribution >= 4 is 15.9 Å². The molecule has 7 heteroatoms. The minimum atomic E-state index is -3.03. The van der Waals surface area contributed by atoms with Gasteiger partial charge in [-0.1, -0.05) is 26.0 Å². The SMILES string of the molecule is CCN(C(=O)NCC(C)(C)c1ccc(F)cc1)C1CCS(=O)(=O)C1. The molecule has 2 rings (SSSR count). The van der Waals surface area contributed by atoms with Crippen molar-refractivity contribution in [2.24, 2.45) is 0 Å². The van der Waals surface area contributed by atoms with Crippen LogP contribution in [0.2, 0.25) is 0 Å². The van der Waals surface area contributed by atoms with E-state index in [1.807, 2.05) is 20.8 Å². The number of sulfone groups is 1. The molecule has 1 N–H and O–H groups in total. The predicted octanol–water partition coefficient (Wildman–Crippen LogP) is 2.32. The highest BCUT2D eigenvalue weighted by atomic mass is 32.2. The number of benzene rings is 1. The number of urea groups is 1. The van der Waals surface area contributed by atoms with Crippen LogP contribution in [-0.2, 0) is 15.3 Å². The third kappa shape index (κ3) is 4.47. The molecular weight excluding hydrogens is 331 g/mol. The molecule has 1 aliphatic heterocycles. The molecule has 0 spiro atoms. The van der Waals surface area contributed by atoms with E-state index in [2.05, 4.69) is 5.32 Å². The van der Waals surface area contributed by atoms with Gasteiger partial charge in [0.1, 0.15) is 5.82 Å². The van der Waals surface area contributed by atoms with Crippen LogP contribution in [0.5, 0.6) is 0 Å². The van der Waals surface area contributed by atoms with E-state index in [4.69, 9.17) is 0 Å². The van der Waals surface area contributed by atoms with E-state index >= 15 is 0 Å². The molecule has 1 unspecified atom stereocenters. The van der Waals surface area contributed by atoms with Gasteiger partial charge in [-0.2, -0.15) is 0 Å². The number of hydrogen-bond donors (Lipinski definition) is 1. The first kappa shape index (κ1) is 18.7. The second-order valence-corrected chi connectivity index (χ2v) is 9.12. The Labute approximate surface area is 143 Å². The maximum absolute atomic E-state index is 13.1. The summed E-state index contributed by atoms with van der Waals surface area (Å²) >= 11 is 0. The van der Waals surface area contributed by atoms with E-state index < -0.39 is 9.84 Å². The van der Waals surface area contributed by atoms with Gasteiger partial charge in [0, 0.05) is 24.5 Å². The fraction of sp³-hybridized carbons (Fsp3) is 0.588. The van der Waals surface area contributed by atoms with Gasteiger partial charge in [0.05, 0.1) is 11.5 Å². The molecule has 0 radical (unpaired) electrons. The molecule has 0 aromatic heterocycles. The van der Waals surface area contributed by atoms with E-state index in [1.54, 1.807) is 17.0 Å². The van der Waals surface area contributed by atoms with E-state index in [0.717, 1.165) is 5.56 Å². The average Bonchev–Trinajstić information content (AvgIpc) is 2.86. The lowest BCUT2D eigenvalue weighted by Gasteiger charge is -2.30. The van der Waals surface area contributed by atoms with E-state index in [9.17, 15) is 17.6 Å². The summed E-state index contributed by atoms with van der Waals surface area (Å²) in [6, 6.07) is 5.72. The molecule has 1 heterocycles. The van der Waals surface area contributed by atoms with Gasteiger partial charge in [0.25, 0.3) is 0 Å². The number of nitrogens with one attached hydrogen (secondary N) is 1. The Morgan fingerprint density at radius 1 is 1.33 bits per heavy atom. The smallest absolute Gasteiger partial charge is 0.317 e. The Morgan fingerprint density at radius 2 is 1.96 bits per heavy atom. The van der Waals surface area contributed by atoms with Crippen molar-refractivity contribution in [3.8, 4) is 0 Å². The number of rotatable bonds is 5. The molecule has 1 atom stereocenters. The molecule has 5 nitrogen and oxygen atoms in total. The van der Waals surface area contributed by atoms with Crippen molar-refractivity contribution in [3.63, 3.8) is 0 Å². The monoisotopic (exact) mass is 356 g/mol. The van der Waals surface area contributed by atoms with Crippen LogP contribution in [-0.4, -0.2) is 50.0 Å². The van der Waals surface area contributed by atoms with Crippen molar-refractivity contribution in [2.75, 3.05) is 24.6 Å². The zero-order valence-corrected chi connectivity index (χ0v) is 15.2. The zero-order valence-electron chi connectivity index (χ0n) is 14.4. The molecular formula is C17H25FN2O3S. The molecule has 0 saturated carbocycles. The molecule has 1 aliphatic rings. The molecule has 1 saturated heterocycles. The van der Waals surface area contributed by atoms with E-state index in [0.29, 0.717) is 19.5 Å². The van der Waals surface area contributed by atoms with Crippen LogP contribution < -0.4 is 5.32 Å². The molecule has 134 valence electrons. The van der Waals surface area contributed by atoms with Crippen molar-refractivity contribution in [2.45, 2.75) is 38.6 Å². The van der Waals surface area contributed by atoms with Gasteiger partial charge < -0.3 is 10.2 Å². The van der Waals surface area contributed by atoms with Gasteiger partial charge in [0.15, 0.2) is 9.84 Å². The molecule has 24 heavy (non-hydrogen) atoms. The van der Waals surface area contributed by atoms with Gasteiger partial charge in [0.2, 0.25) is 0 Å². The Kier molecular flexibility index (Phi) is 5.52. The van der Waals surface area contributed by atoms with Gasteiger partial charge >= 0.3 is 6.03 Å². The molecule has 0 aliphatic carbocycles. The Hall–Kier alpha value is -1.63. The summed E-state index contributed by atoms with van der Waals surface area (Å²) in [5.74, 6) is -0.115. The van der Waals surface area contributed by atoms with Crippen molar-refractivity contribution in [1.82, 2.24) is 10.2 Å². The summed E-state index contributed by atoms with van der Waals surface area (Å²) in [4.78, 5) is 14.1. The van der Waals surface area contributed by atoms with E-state index in [-0.39, 0.29) is 34.8 Å². The minimum absolute atomic E-state index is 0.0373. The first-order chi connectivity index (χ1) is 11.1. The summed E-state index contributed by atoms with van der Waals surface area (Å²) in [6.45, 7) is 6.62. The number of halogens is 1. The minimum Gasteiger partial charge on any atom is -0.337 e. The third-order valence-corrected chi connectivity index (χ3v) is 6.31. The lowest BCUT2D eigenvalue weighted by molar-refractivity contribution is 0.181. The number of carbonyl (C=O) groups is 1. The fourth-order valence-corrected chi connectivity index (χ4v) is 4.72. The summed E-state index contributed by atoms with van der Waals surface area (Å²) in [5, 5.41) is 2.89. The maximum Gasteiger partial charge on any atom is 0.317 e. The molecule has 0 bridgehead atoms. The Morgan fingerprint density at radius 3 is 2.46 bits per heavy atom. The summed E-state index contributed by atoms with van der Waals surface area (Å²) in [6.07, 6.45) is 0.491. The molecule has 1 aromatic rings. The normalized spacial score (nSPS) is 19.9. The largest absolute Gasteiger partial charge is 0.337 e. The topological polar surface area (TPSA) is 66.5 Å². The zero-order chi connectivity index (χ0) is 18.0. The second kappa shape index (κ2) is 7.09. The van der Waals surface area contributed by atoms with Crippen LogP contribution >= 0.6 is 0 Å². The van der Waals surface area contributed by atoms with Crippen LogP contribution in [0.1, 0.15) is 32.8 Å². The van der Waals surface area contributed by atoms with Crippen LogP contribution in [0, 0.1) is 5.82 Å². The Bertz CT molecular complexity index is 686. The Balaban J connectivity index is 1.99. The van der Waals surface area contributed by atoms with Gasteiger partial charge in [-0.25, -0.2) is 17.6 Å². The lowest BCUT2D eigenvalue weighted by Crippen LogP contribution is -2.49. The predicted molar refractivity (Wildman–Crippen MR) is 92.3 cm³/mol. The fourth-order valence-electron chi connectivity index (χ4n) is 2.99. The highest BCUT2D eigenvalue weighted by Crippen LogP contribution is 2.23. The quantitative estimate of drug-likeness (QED) is 0.880. The van der Waals surface area contributed by atoms with Crippen LogP contribution in [0.15, 0.2) is 24.3 Å². The number of amides is 2. The summed E-state index contributed by atoms with van der Waals surface area (Å²) in [5.41, 5.74) is 0.570. The van der Waals surface area contributed by atoms with Gasteiger partial charge in [-0.05, 0) is 31.0 Å². The highest BCUT2D eigenvalue weighted by Gasteiger charge is 2.34. The van der Waals surface area contributed by atoms with Crippen molar-refractivity contribution in [3.05, 3.63) is 35.6 Å². The molecule has 2 amide bonds. The van der Waals surface area contributed by atoms with Crippen molar-refractivity contribution in [1.29, 1.82) is 0 Å². The van der Waals surface area contributed by atoms with Crippen LogP contribution in [0.4, 0.5) is 9.18 Å². The number of hydrogen-bond acceptors (Lipinski definition) is 3. The second-order valence-electron chi connectivity index (χ2n) is 6.89. The van der Waals surface area contributed by atoms with Gasteiger partial charge in [-0.3, -0.25) is 0 Å². The molecule has 1 fully saturated rings. The first-order valence-corrected chi connectivity index (χ1v) is 9.98. The standard InChI is InChI=1S/C17H25FN2O3S/c1-4-20(15-9-10-24(22,23)11-15)16(21)19-12-17(2,3)13-5-7-14(18)8-6-13/h5-8,15H,4,9-12H2,1-3H3,(H,19,21). The van der Waals surface area contributed by atoms with Crippen molar-refractivity contribution < 1.29 is 17.6 Å². The van der Waals surface area contributed by atoms with Gasteiger partial charge in [-0.15, -0.1) is 0 Å². The van der Waals surface area contributed by atoms with E-state index in [1.165, 1.54) is 12.1 Å².